The van der Waals surface area contributed by atoms with Crippen LogP contribution in [-0.4, -0.2) is 34.5 Å². The van der Waals surface area contributed by atoms with Crippen molar-refractivity contribution in [3.63, 3.8) is 0 Å². The zero-order valence-electron chi connectivity index (χ0n) is 18.5. The highest BCUT2D eigenvalue weighted by Gasteiger charge is 2.24. The Morgan fingerprint density at radius 2 is 1.81 bits per heavy atom. The molecule has 0 aliphatic carbocycles. The molecule has 2 aromatic carbocycles. The number of imidazole rings is 1. The summed E-state index contributed by atoms with van der Waals surface area (Å²) >= 11 is 0. The Morgan fingerprint density at radius 1 is 1.03 bits per heavy atom. The van der Waals surface area contributed by atoms with Crippen LogP contribution in [0.5, 0.6) is 0 Å². The SMILES string of the molecule is Cn1ncc2ccc(-c3nc(-c4ccccc4)[nH]c3-c3n[nH]c(=O)n3CC(C)(C)C)cc21. The molecule has 0 fully saturated rings. The Hall–Kier alpha value is -3.94. The molecule has 5 aromatic rings. The van der Waals surface area contributed by atoms with Crippen LogP contribution in [0.15, 0.2) is 59.5 Å². The number of rotatable bonds is 4. The first-order valence-electron chi connectivity index (χ1n) is 10.5. The Balaban J connectivity index is 1.74. The lowest BCUT2D eigenvalue weighted by molar-refractivity contribution is 0.340. The number of benzene rings is 2. The molecule has 162 valence electrons. The number of aryl methyl sites for hydroxylation is 1. The molecule has 3 aromatic heterocycles. The second kappa shape index (κ2) is 7.33. The third kappa shape index (κ3) is 3.53. The first kappa shape index (κ1) is 20.0. The van der Waals surface area contributed by atoms with E-state index < -0.39 is 0 Å². The zero-order chi connectivity index (χ0) is 22.5. The van der Waals surface area contributed by atoms with E-state index in [2.05, 4.69) is 47.1 Å². The summed E-state index contributed by atoms with van der Waals surface area (Å²) in [5, 5.41) is 12.4. The number of H-pyrrole nitrogens is 2. The van der Waals surface area contributed by atoms with E-state index in [1.807, 2.05) is 60.4 Å². The van der Waals surface area contributed by atoms with Gasteiger partial charge in [-0.1, -0.05) is 63.2 Å². The van der Waals surface area contributed by atoms with Crippen LogP contribution in [0.2, 0.25) is 0 Å². The normalized spacial score (nSPS) is 12.0. The molecule has 5 rings (SSSR count). The highest BCUT2D eigenvalue weighted by molar-refractivity contribution is 5.87. The maximum Gasteiger partial charge on any atom is 0.343 e. The predicted molar refractivity (Wildman–Crippen MR) is 125 cm³/mol. The van der Waals surface area contributed by atoms with Crippen LogP contribution in [0.4, 0.5) is 0 Å². The van der Waals surface area contributed by atoms with Crippen molar-refractivity contribution in [3.05, 3.63) is 65.2 Å². The maximum atomic E-state index is 12.6. The van der Waals surface area contributed by atoms with E-state index in [1.54, 1.807) is 4.57 Å². The lowest BCUT2D eigenvalue weighted by Crippen LogP contribution is -2.25. The molecule has 0 amide bonds. The van der Waals surface area contributed by atoms with Crippen LogP contribution in [0, 0.1) is 5.41 Å². The molecule has 0 bridgehead atoms. The second-order valence-corrected chi connectivity index (χ2v) is 9.22. The molecular formula is C24H25N7O. The third-order valence-corrected chi connectivity index (χ3v) is 5.39. The molecule has 2 N–H and O–H groups in total. The van der Waals surface area contributed by atoms with Crippen molar-refractivity contribution in [3.8, 4) is 34.2 Å². The quantitative estimate of drug-likeness (QED) is 0.449. The smallest absolute Gasteiger partial charge is 0.335 e. The highest BCUT2D eigenvalue weighted by atomic mass is 16.1. The van der Waals surface area contributed by atoms with Gasteiger partial charge < -0.3 is 4.98 Å². The number of fused-ring (bicyclic) bond motifs is 1. The number of hydrogen-bond acceptors (Lipinski definition) is 4. The summed E-state index contributed by atoms with van der Waals surface area (Å²) in [5.41, 5.74) is 3.99. The van der Waals surface area contributed by atoms with Crippen molar-refractivity contribution in [1.29, 1.82) is 0 Å². The average molecular weight is 428 g/mol. The minimum atomic E-state index is -0.237. The third-order valence-electron chi connectivity index (χ3n) is 5.39. The first-order valence-corrected chi connectivity index (χ1v) is 10.5. The van der Waals surface area contributed by atoms with Crippen LogP contribution < -0.4 is 5.69 Å². The predicted octanol–water partition coefficient (Wildman–Crippen LogP) is 4.23. The Kier molecular flexibility index (Phi) is 4.58. The van der Waals surface area contributed by atoms with E-state index in [0.29, 0.717) is 18.1 Å². The van der Waals surface area contributed by atoms with Crippen molar-refractivity contribution in [2.24, 2.45) is 12.5 Å². The van der Waals surface area contributed by atoms with E-state index in [1.165, 1.54) is 0 Å². The monoisotopic (exact) mass is 427 g/mol. The molecule has 0 saturated heterocycles. The fraction of sp³-hybridized carbons (Fsp3) is 0.250. The van der Waals surface area contributed by atoms with Gasteiger partial charge in [-0.05, 0) is 11.5 Å². The van der Waals surface area contributed by atoms with Gasteiger partial charge in [0.2, 0.25) is 0 Å². The van der Waals surface area contributed by atoms with Gasteiger partial charge in [0.15, 0.2) is 5.82 Å². The molecule has 0 aliphatic heterocycles. The first-order chi connectivity index (χ1) is 15.3. The minimum Gasteiger partial charge on any atom is -0.335 e. The van der Waals surface area contributed by atoms with E-state index in [4.69, 9.17) is 4.98 Å². The van der Waals surface area contributed by atoms with E-state index in [-0.39, 0.29) is 11.1 Å². The maximum absolute atomic E-state index is 12.6. The van der Waals surface area contributed by atoms with E-state index in [9.17, 15) is 4.79 Å². The Morgan fingerprint density at radius 3 is 2.56 bits per heavy atom. The zero-order valence-corrected chi connectivity index (χ0v) is 18.5. The molecule has 0 radical (unpaired) electrons. The summed E-state index contributed by atoms with van der Waals surface area (Å²) in [4.78, 5) is 21.0. The summed E-state index contributed by atoms with van der Waals surface area (Å²) in [7, 11) is 1.92. The lowest BCUT2D eigenvalue weighted by atomic mass is 9.97. The number of aromatic nitrogens is 7. The largest absolute Gasteiger partial charge is 0.343 e. The van der Waals surface area contributed by atoms with Crippen molar-refractivity contribution in [1.82, 2.24) is 34.5 Å². The van der Waals surface area contributed by atoms with Gasteiger partial charge in [0, 0.05) is 30.1 Å². The second-order valence-electron chi connectivity index (χ2n) is 9.22. The van der Waals surface area contributed by atoms with Crippen LogP contribution in [0.3, 0.4) is 0 Å². The molecule has 0 unspecified atom stereocenters. The Bertz CT molecular complexity index is 1460. The van der Waals surface area contributed by atoms with Crippen molar-refractivity contribution in [2.45, 2.75) is 27.3 Å². The number of nitrogens with zero attached hydrogens (tertiary/aromatic N) is 5. The summed E-state index contributed by atoms with van der Waals surface area (Å²) in [5.74, 6) is 1.26. The molecule has 8 heteroatoms. The lowest BCUT2D eigenvalue weighted by Gasteiger charge is -2.19. The fourth-order valence-electron chi connectivity index (χ4n) is 3.90. The molecule has 0 spiro atoms. The number of aromatic amines is 2. The molecule has 0 aliphatic rings. The number of hydrogen-bond donors (Lipinski definition) is 2. The Labute approximate surface area is 184 Å². The van der Waals surface area contributed by atoms with Gasteiger partial charge >= 0.3 is 5.69 Å². The van der Waals surface area contributed by atoms with Gasteiger partial charge in [-0.15, -0.1) is 0 Å². The van der Waals surface area contributed by atoms with Crippen LogP contribution >= 0.6 is 0 Å². The van der Waals surface area contributed by atoms with Gasteiger partial charge in [-0.25, -0.2) is 14.9 Å². The van der Waals surface area contributed by atoms with Crippen LogP contribution in [0.25, 0.3) is 45.1 Å². The van der Waals surface area contributed by atoms with Gasteiger partial charge in [-0.3, -0.25) is 9.25 Å². The van der Waals surface area contributed by atoms with Crippen LogP contribution in [-0.2, 0) is 13.6 Å². The molecule has 8 nitrogen and oxygen atoms in total. The summed E-state index contributed by atoms with van der Waals surface area (Å²) in [6.45, 7) is 6.80. The van der Waals surface area contributed by atoms with Crippen molar-refractivity contribution in [2.75, 3.05) is 0 Å². The molecule has 0 atom stereocenters. The van der Waals surface area contributed by atoms with Crippen molar-refractivity contribution < 1.29 is 0 Å². The fourth-order valence-corrected chi connectivity index (χ4v) is 3.90. The molecular weight excluding hydrogens is 402 g/mol. The van der Waals surface area contributed by atoms with Gasteiger partial charge in [0.05, 0.1) is 11.7 Å². The van der Waals surface area contributed by atoms with Gasteiger partial charge in [0.1, 0.15) is 17.2 Å². The van der Waals surface area contributed by atoms with Crippen LogP contribution in [0.1, 0.15) is 20.8 Å². The average Bonchev–Trinajstić information content (AvgIpc) is 3.46. The van der Waals surface area contributed by atoms with E-state index in [0.717, 1.165) is 33.5 Å². The van der Waals surface area contributed by atoms with Crippen molar-refractivity contribution >= 4 is 10.9 Å². The highest BCUT2D eigenvalue weighted by Crippen LogP contribution is 2.33. The van der Waals surface area contributed by atoms with E-state index >= 15 is 0 Å². The topological polar surface area (TPSA) is 97.2 Å². The molecule has 3 heterocycles. The molecule has 32 heavy (non-hydrogen) atoms. The molecule has 0 saturated carbocycles. The summed E-state index contributed by atoms with van der Waals surface area (Å²) < 4.78 is 3.52. The number of nitrogens with one attached hydrogen (secondary N) is 2. The standard InChI is InChI=1S/C24H25N7O/c1-24(2,3)14-31-22(28-29-23(31)32)20-19(26-21(27-20)15-8-6-5-7-9-15)16-10-11-17-13-25-30(4)18(17)12-16/h5-13H,14H2,1-4H3,(H,26,27)(H,29,32). The summed E-state index contributed by atoms with van der Waals surface area (Å²) in [6.07, 6.45) is 1.84. The minimum absolute atomic E-state index is 0.0987. The van der Waals surface area contributed by atoms with Gasteiger partial charge in [0.25, 0.3) is 0 Å². The summed E-state index contributed by atoms with van der Waals surface area (Å²) in [6, 6.07) is 16.1. The van der Waals surface area contributed by atoms with Gasteiger partial charge in [-0.2, -0.15) is 10.2 Å².